The van der Waals surface area contributed by atoms with Gasteiger partial charge in [-0.25, -0.2) is 30.7 Å². The molecule has 0 atom stereocenters. The van der Waals surface area contributed by atoms with E-state index >= 15 is 0 Å². The zero-order valence-corrected chi connectivity index (χ0v) is 17.0. The van der Waals surface area contributed by atoms with Crippen molar-refractivity contribution in [2.75, 3.05) is 0 Å². The summed E-state index contributed by atoms with van der Waals surface area (Å²) in [5, 5.41) is -1.07. The molecule has 0 bridgehead atoms. The summed E-state index contributed by atoms with van der Waals surface area (Å²) in [4.78, 5) is 0. The Hall–Kier alpha value is -3.79. The Morgan fingerprint density at radius 1 is 0.636 bits per heavy atom. The van der Waals surface area contributed by atoms with Gasteiger partial charge in [-0.2, -0.15) is 0 Å². The summed E-state index contributed by atoms with van der Waals surface area (Å²) in [7, 11) is 0. The first-order valence-electron chi connectivity index (χ1n) is 9.76. The van der Waals surface area contributed by atoms with E-state index in [0.717, 1.165) is 29.8 Å². The number of hydrogen-bond donors (Lipinski definition) is 0. The second kappa shape index (κ2) is 8.62. The van der Waals surface area contributed by atoms with Gasteiger partial charge in [-0.15, -0.1) is 0 Å². The Bertz CT molecular complexity index is 1450. The highest BCUT2D eigenvalue weighted by Gasteiger charge is 2.18. The van der Waals surface area contributed by atoms with E-state index in [4.69, 9.17) is 0 Å². The first-order chi connectivity index (χ1) is 15.7. The molecule has 0 fully saturated rings. The molecular weight excluding hydrogens is 445 g/mol. The number of hydrogen-bond acceptors (Lipinski definition) is 0. The molecule has 0 saturated heterocycles. The predicted octanol–water partition coefficient (Wildman–Crippen LogP) is 7.44. The third-order valence-corrected chi connectivity index (χ3v) is 5.15. The maximum Gasteiger partial charge on any atom is 0.195 e. The van der Waals surface area contributed by atoms with E-state index in [-0.39, 0.29) is 22.1 Å². The molecule has 0 aromatic heterocycles. The number of aryl methyl sites for hydroxylation is 1. The summed E-state index contributed by atoms with van der Waals surface area (Å²) in [5.74, 6) is -4.45. The molecule has 166 valence electrons. The van der Waals surface area contributed by atoms with Crippen LogP contribution in [0.15, 0.2) is 48.5 Å². The average Bonchev–Trinajstić information content (AvgIpc) is 2.76. The van der Waals surface area contributed by atoms with Crippen molar-refractivity contribution in [1.82, 2.24) is 0 Å². The zero-order chi connectivity index (χ0) is 23.9. The van der Waals surface area contributed by atoms with Crippen molar-refractivity contribution in [2.45, 2.75) is 13.3 Å². The molecule has 0 aliphatic carbocycles. The Labute approximate surface area is 184 Å². The third kappa shape index (κ3) is 4.17. The number of halogens is 7. The van der Waals surface area contributed by atoms with Crippen LogP contribution in [0.1, 0.15) is 23.6 Å². The van der Waals surface area contributed by atoms with Gasteiger partial charge in [-0.05, 0) is 59.3 Å². The van der Waals surface area contributed by atoms with E-state index in [1.54, 1.807) is 6.07 Å². The topological polar surface area (TPSA) is 0 Å². The lowest BCUT2D eigenvalue weighted by atomic mass is 10.00. The minimum Gasteiger partial charge on any atom is -0.206 e. The van der Waals surface area contributed by atoms with Gasteiger partial charge in [-0.3, -0.25) is 0 Å². The van der Waals surface area contributed by atoms with Gasteiger partial charge in [0.2, 0.25) is 0 Å². The van der Waals surface area contributed by atoms with Crippen LogP contribution in [-0.4, -0.2) is 0 Å². The van der Waals surface area contributed by atoms with E-state index in [0.29, 0.717) is 12.5 Å². The normalized spacial score (nSPS) is 10.9. The average molecular weight is 458 g/mol. The fourth-order valence-corrected chi connectivity index (χ4v) is 3.46. The van der Waals surface area contributed by atoms with Crippen LogP contribution >= 0.6 is 0 Å². The monoisotopic (exact) mass is 458 g/mol. The molecular formula is C26H13F7. The van der Waals surface area contributed by atoms with E-state index < -0.39 is 51.7 Å². The standard InChI is InChI=1S/C26H13F7/c1-2-13-3-5-17(19(27)8-13)15-10-20(28)18(21(29)11-15)6-4-14-7-16-12-23(31)25(32)26(33)24(16)22(30)9-14/h3,5,7-12H,2H2,1H3. The molecule has 0 unspecified atom stereocenters. The molecule has 0 N–H and O–H groups in total. The largest absolute Gasteiger partial charge is 0.206 e. The van der Waals surface area contributed by atoms with Gasteiger partial charge >= 0.3 is 0 Å². The van der Waals surface area contributed by atoms with Crippen molar-refractivity contribution < 1.29 is 30.7 Å². The predicted molar refractivity (Wildman–Crippen MR) is 111 cm³/mol. The van der Waals surface area contributed by atoms with Crippen molar-refractivity contribution in [1.29, 1.82) is 0 Å². The molecule has 4 aromatic carbocycles. The number of rotatable bonds is 2. The van der Waals surface area contributed by atoms with Crippen molar-refractivity contribution >= 4 is 10.8 Å². The lowest BCUT2D eigenvalue weighted by molar-refractivity contribution is 0.451. The van der Waals surface area contributed by atoms with E-state index in [9.17, 15) is 30.7 Å². The molecule has 33 heavy (non-hydrogen) atoms. The highest BCUT2D eigenvalue weighted by Crippen LogP contribution is 2.29. The molecule has 4 rings (SSSR count). The minimum absolute atomic E-state index is 0.0115. The lowest BCUT2D eigenvalue weighted by Gasteiger charge is -2.07. The van der Waals surface area contributed by atoms with Crippen LogP contribution < -0.4 is 0 Å². The maximum absolute atomic E-state index is 14.6. The summed E-state index contributed by atoms with van der Waals surface area (Å²) in [6, 6.07) is 8.59. The molecule has 0 radical (unpaired) electrons. The highest BCUT2D eigenvalue weighted by molar-refractivity contribution is 5.85. The smallest absolute Gasteiger partial charge is 0.195 e. The van der Waals surface area contributed by atoms with Gasteiger partial charge in [-0.1, -0.05) is 30.9 Å². The van der Waals surface area contributed by atoms with Gasteiger partial charge in [0.15, 0.2) is 17.5 Å². The van der Waals surface area contributed by atoms with Crippen molar-refractivity contribution in [3.63, 3.8) is 0 Å². The first kappa shape index (κ1) is 22.4. The van der Waals surface area contributed by atoms with Crippen LogP contribution in [0.2, 0.25) is 0 Å². The van der Waals surface area contributed by atoms with Crippen molar-refractivity contribution in [3.05, 3.63) is 106 Å². The number of fused-ring (bicyclic) bond motifs is 1. The first-order valence-corrected chi connectivity index (χ1v) is 9.76. The van der Waals surface area contributed by atoms with Gasteiger partial charge in [0.1, 0.15) is 23.3 Å². The lowest BCUT2D eigenvalue weighted by Crippen LogP contribution is -1.96. The second-order valence-corrected chi connectivity index (χ2v) is 7.28. The van der Waals surface area contributed by atoms with E-state index in [2.05, 4.69) is 11.8 Å². The molecule has 4 aromatic rings. The molecule has 7 heteroatoms. The molecule has 0 aliphatic rings. The van der Waals surface area contributed by atoms with Crippen molar-refractivity contribution in [2.24, 2.45) is 0 Å². The van der Waals surface area contributed by atoms with Gasteiger partial charge in [0, 0.05) is 11.1 Å². The zero-order valence-electron chi connectivity index (χ0n) is 17.0. The quantitative estimate of drug-likeness (QED) is 0.166. The Morgan fingerprint density at radius 2 is 1.33 bits per heavy atom. The minimum atomic E-state index is -1.81. The number of benzene rings is 4. The Kier molecular flexibility index (Phi) is 5.86. The van der Waals surface area contributed by atoms with Crippen LogP contribution in [-0.2, 0) is 6.42 Å². The fourth-order valence-electron chi connectivity index (χ4n) is 3.46. The molecule has 0 nitrogen and oxygen atoms in total. The summed E-state index contributed by atoms with van der Waals surface area (Å²) in [6.45, 7) is 1.84. The summed E-state index contributed by atoms with van der Waals surface area (Å²) < 4.78 is 98.4. The van der Waals surface area contributed by atoms with Crippen LogP contribution in [0, 0.1) is 52.6 Å². The SMILES string of the molecule is CCc1ccc(-c2cc(F)c(C#Cc3cc(F)c4c(F)c(F)c(F)cc4c3)c(F)c2)c(F)c1. The maximum atomic E-state index is 14.6. The van der Waals surface area contributed by atoms with Crippen LogP contribution in [0.4, 0.5) is 30.7 Å². The highest BCUT2D eigenvalue weighted by atomic mass is 19.2. The van der Waals surface area contributed by atoms with E-state index in [1.165, 1.54) is 12.1 Å². The van der Waals surface area contributed by atoms with Gasteiger partial charge in [0.25, 0.3) is 0 Å². The van der Waals surface area contributed by atoms with Crippen LogP contribution in [0.5, 0.6) is 0 Å². The molecule has 0 spiro atoms. The van der Waals surface area contributed by atoms with Crippen LogP contribution in [0.25, 0.3) is 21.9 Å². The second-order valence-electron chi connectivity index (χ2n) is 7.28. The molecule has 0 saturated carbocycles. The molecule has 0 aliphatic heterocycles. The summed E-state index contributed by atoms with van der Waals surface area (Å²) in [6.07, 6.45) is 0.595. The molecule has 0 heterocycles. The third-order valence-electron chi connectivity index (χ3n) is 5.15. The van der Waals surface area contributed by atoms with Crippen LogP contribution in [0.3, 0.4) is 0 Å². The van der Waals surface area contributed by atoms with E-state index in [1.807, 2.05) is 6.92 Å². The molecule has 0 amide bonds. The Balaban J connectivity index is 1.75. The Morgan fingerprint density at radius 3 is 1.97 bits per heavy atom. The van der Waals surface area contributed by atoms with Gasteiger partial charge < -0.3 is 0 Å². The fraction of sp³-hybridized carbons (Fsp3) is 0.0769. The van der Waals surface area contributed by atoms with Gasteiger partial charge in [0.05, 0.1) is 10.9 Å². The summed E-state index contributed by atoms with van der Waals surface area (Å²) in [5.41, 5.74) is -0.0848. The summed E-state index contributed by atoms with van der Waals surface area (Å²) >= 11 is 0. The van der Waals surface area contributed by atoms with Crippen molar-refractivity contribution in [3.8, 4) is 23.0 Å².